The number of rotatable bonds is 7. The molecule has 0 aliphatic rings. The minimum absolute atomic E-state index is 0.0706. The Balaban J connectivity index is 1.77. The average Bonchev–Trinajstić information content (AvgIpc) is 3.14. The van der Waals surface area contributed by atoms with Crippen LogP contribution in [0.1, 0.15) is 10.4 Å². The maximum atomic E-state index is 12.4. The van der Waals surface area contributed by atoms with Crippen LogP contribution in [0.3, 0.4) is 0 Å². The maximum absolute atomic E-state index is 12.4. The SMILES string of the molecule is COc1ccc(-c2nc(NC(=O)c3cccc(NS(C)(=O)=O)c3)n[nH]2)cc1OC. The third kappa shape index (κ3) is 5.02. The number of H-pyrrole nitrogens is 1. The number of carbonyl (C=O) groups is 1. The Labute approximate surface area is 167 Å². The first-order valence-corrected chi connectivity index (χ1v) is 10.2. The number of methoxy groups -OCH3 is 2. The van der Waals surface area contributed by atoms with Gasteiger partial charge in [-0.25, -0.2) is 8.42 Å². The summed E-state index contributed by atoms with van der Waals surface area (Å²) in [6.45, 7) is 0. The largest absolute Gasteiger partial charge is 0.493 e. The number of hydrogen-bond acceptors (Lipinski definition) is 7. The maximum Gasteiger partial charge on any atom is 0.258 e. The highest BCUT2D eigenvalue weighted by atomic mass is 32.2. The van der Waals surface area contributed by atoms with Crippen molar-refractivity contribution in [3.63, 3.8) is 0 Å². The highest BCUT2D eigenvalue weighted by Crippen LogP contribution is 2.31. The van der Waals surface area contributed by atoms with Crippen LogP contribution < -0.4 is 19.5 Å². The van der Waals surface area contributed by atoms with E-state index in [1.165, 1.54) is 13.2 Å². The van der Waals surface area contributed by atoms with E-state index in [4.69, 9.17) is 9.47 Å². The van der Waals surface area contributed by atoms with Gasteiger partial charge in [0.15, 0.2) is 17.3 Å². The molecule has 0 aliphatic carbocycles. The second kappa shape index (κ2) is 8.19. The molecule has 0 atom stereocenters. The fraction of sp³-hybridized carbons (Fsp3) is 0.167. The fourth-order valence-corrected chi connectivity index (χ4v) is 3.10. The first kappa shape index (κ1) is 20.1. The van der Waals surface area contributed by atoms with Crippen LogP contribution in [0.2, 0.25) is 0 Å². The molecule has 3 rings (SSSR count). The quantitative estimate of drug-likeness (QED) is 0.536. The number of ether oxygens (including phenoxy) is 2. The third-order valence-corrected chi connectivity index (χ3v) is 4.40. The predicted molar refractivity (Wildman–Crippen MR) is 108 cm³/mol. The molecule has 0 saturated carbocycles. The standard InChI is InChI=1S/C18H19N5O5S/c1-27-14-8-7-11(10-15(14)28-2)16-19-18(22-21-16)20-17(24)12-5-4-6-13(9-12)23-29(3,25)26/h4-10,23H,1-3H3,(H2,19,20,21,22,24). The van der Waals surface area contributed by atoms with E-state index < -0.39 is 15.9 Å². The lowest BCUT2D eigenvalue weighted by molar-refractivity contribution is 0.102. The molecule has 10 nitrogen and oxygen atoms in total. The molecule has 0 fully saturated rings. The number of anilines is 2. The van der Waals surface area contributed by atoms with Gasteiger partial charge in [0, 0.05) is 16.8 Å². The molecule has 3 N–H and O–H groups in total. The van der Waals surface area contributed by atoms with Gasteiger partial charge in [-0.2, -0.15) is 4.98 Å². The highest BCUT2D eigenvalue weighted by Gasteiger charge is 2.13. The van der Waals surface area contributed by atoms with Gasteiger partial charge in [-0.3, -0.25) is 19.9 Å². The Bertz CT molecular complexity index is 1140. The molecule has 0 radical (unpaired) electrons. The molecule has 29 heavy (non-hydrogen) atoms. The molecular formula is C18H19N5O5S. The predicted octanol–water partition coefficient (Wildman–Crippen LogP) is 2.11. The monoisotopic (exact) mass is 417 g/mol. The molecule has 0 saturated heterocycles. The molecule has 1 amide bonds. The van der Waals surface area contributed by atoms with Crippen molar-refractivity contribution in [1.82, 2.24) is 15.2 Å². The lowest BCUT2D eigenvalue weighted by Gasteiger charge is -2.08. The topological polar surface area (TPSA) is 135 Å². The molecule has 0 aliphatic heterocycles. The first-order valence-electron chi connectivity index (χ1n) is 8.33. The fourth-order valence-electron chi connectivity index (χ4n) is 2.54. The van der Waals surface area contributed by atoms with E-state index in [1.807, 2.05) is 0 Å². The lowest BCUT2D eigenvalue weighted by atomic mass is 10.2. The van der Waals surface area contributed by atoms with Crippen LogP contribution in [-0.4, -0.2) is 50.0 Å². The van der Waals surface area contributed by atoms with Gasteiger partial charge in [0.2, 0.25) is 16.0 Å². The number of hydrogen-bond donors (Lipinski definition) is 3. The van der Waals surface area contributed by atoms with Crippen molar-refractivity contribution in [3.8, 4) is 22.9 Å². The van der Waals surface area contributed by atoms with Crippen molar-refractivity contribution < 1.29 is 22.7 Å². The van der Waals surface area contributed by atoms with Gasteiger partial charge in [0.1, 0.15) is 0 Å². The zero-order valence-corrected chi connectivity index (χ0v) is 16.7. The van der Waals surface area contributed by atoms with E-state index in [9.17, 15) is 13.2 Å². The molecule has 11 heteroatoms. The van der Waals surface area contributed by atoms with Crippen molar-refractivity contribution in [3.05, 3.63) is 48.0 Å². The van der Waals surface area contributed by atoms with Gasteiger partial charge < -0.3 is 9.47 Å². The Hall–Kier alpha value is -3.60. The summed E-state index contributed by atoms with van der Waals surface area (Å²) in [6.07, 6.45) is 1.03. The van der Waals surface area contributed by atoms with E-state index >= 15 is 0 Å². The first-order chi connectivity index (χ1) is 13.8. The number of aromatic amines is 1. The number of aromatic nitrogens is 3. The van der Waals surface area contributed by atoms with E-state index in [0.29, 0.717) is 22.9 Å². The van der Waals surface area contributed by atoms with Crippen LogP contribution in [0.15, 0.2) is 42.5 Å². The second-order valence-corrected chi connectivity index (χ2v) is 7.73. The highest BCUT2D eigenvalue weighted by molar-refractivity contribution is 7.92. The summed E-state index contributed by atoms with van der Waals surface area (Å²) in [5.41, 5.74) is 1.22. The van der Waals surface area contributed by atoms with Crippen molar-refractivity contribution >= 4 is 27.6 Å². The van der Waals surface area contributed by atoms with E-state index in [-0.39, 0.29) is 17.2 Å². The lowest BCUT2D eigenvalue weighted by Crippen LogP contribution is -2.14. The van der Waals surface area contributed by atoms with Gasteiger partial charge in [0.25, 0.3) is 5.91 Å². The van der Waals surface area contributed by atoms with Crippen molar-refractivity contribution in [2.24, 2.45) is 0 Å². The van der Waals surface area contributed by atoms with Gasteiger partial charge in [-0.15, -0.1) is 5.10 Å². The summed E-state index contributed by atoms with van der Waals surface area (Å²) >= 11 is 0. The van der Waals surface area contributed by atoms with E-state index in [0.717, 1.165) is 6.26 Å². The zero-order chi connectivity index (χ0) is 21.0. The number of sulfonamides is 1. The molecule has 1 heterocycles. The van der Waals surface area contributed by atoms with Crippen molar-refractivity contribution in [1.29, 1.82) is 0 Å². The molecule has 152 valence electrons. The van der Waals surface area contributed by atoms with Crippen LogP contribution in [0.5, 0.6) is 11.5 Å². The number of amides is 1. The van der Waals surface area contributed by atoms with Gasteiger partial charge >= 0.3 is 0 Å². The average molecular weight is 417 g/mol. The van der Waals surface area contributed by atoms with E-state index in [1.54, 1.807) is 43.5 Å². The molecule has 0 spiro atoms. The number of nitrogens with zero attached hydrogens (tertiary/aromatic N) is 2. The smallest absolute Gasteiger partial charge is 0.258 e. The van der Waals surface area contributed by atoms with Crippen LogP contribution >= 0.6 is 0 Å². The van der Waals surface area contributed by atoms with Crippen LogP contribution in [0.4, 0.5) is 11.6 Å². The summed E-state index contributed by atoms with van der Waals surface area (Å²) in [4.78, 5) is 16.7. The molecular weight excluding hydrogens is 398 g/mol. The summed E-state index contributed by atoms with van der Waals surface area (Å²) in [5, 5.41) is 9.30. The van der Waals surface area contributed by atoms with Crippen molar-refractivity contribution in [2.75, 3.05) is 30.5 Å². The summed E-state index contributed by atoms with van der Waals surface area (Å²) in [5.74, 6) is 1.11. The van der Waals surface area contributed by atoms with Gasteiger partial charge in [0.05, 0.1) is 20.5 Å². The van der Waals surface area contributed by atoms with Gasteiger partial charge in [-0.1, -0.05) is 6.07 Å². The summed E-state index contributed by atoms with van der Waals surface area (Å²) in [7, 11) is -0.377. The van der Waals surface area contributed by atoms with E-state index in [2.05, 4.69) is 25.2 Å². The number of benzene rings is 2. The minimum atomic E-state index is -3.45. The second-order valence-electron chi connectivity index (χ2n) is 5.99. The Kier molecular flexibility index (Phi) is 5.69. The van der Waals surface area contributed by atoms with Gasteiger partial charge in [-0.05, 0) is 36.4 Å². The van der Waals surface area contributed by atoms with Crippen molar-refractivity contribution in [2.45, 2.75) is 0 Å². The summed E-state index contributed by atoms with van der Waals surface area (Å²) < 4.78 is 35.5. The van der Waals surface area contributed by atoms with Crippen LogP contribution in [0, 0.1) is 0 Å². The number of carbonyl (C=O) groups excluding carboxylic acids is 1. The third-order valence-electron chi connectivity index (χ3n) is 3.80. The molecule has 2 aromatic carbocycles. The Morgan fingerprint density at radius 2 is 1.83 bits per heavy atom. The number of nitrogens with one attached hydrogen (secondary N) is 3. The molecule has 3 aromatic rings. The van der Waals surface area contributed by atoms with Crippen LogP contribution in [-0.2, 0) is 10.0 Å². The Morgan fingerprint density at radius 1 is 1.07 bits per heavy atom. The Morgan fingerprint density at radius 3 is 2.52 bits per heavy atom. The molecule has 0 bridgehead atoms. The molecule has 0 unspecified atom stereocenters. The zero-order valence-electron chi connectivity index (χ0n) is 15.9. The molecule has 1 aromatic heterocycles. The summed E-state index contributed by atoms with van der Waals surface area (Å²) in [6, 6.07) is 11.3. The normalized spacial score (nSPS) is 11.0. The minimum Gasteiger partial charge on any atom is -0.493 e. The van der Waals surface area contributed by atoms with Crippen LogP contribution in [0.25, 0.3) is 11.4 Å².